The Kier molecular flexibility index (Phi) is 11.9. The quantitative estimate of drug-likeness (QED) is 0.330. The summed E-state index contributed by atoms with van der Waals surface area (Å²) in [6, 6.07) is 11.4. The van der Waals surface area contributed by atoms with Gasteiger partial charge < -0.3 is 30.1 Å². The second kappa shape index (κ2) is 14.7. The molecule has 2 aromatic carbocycles. The van der Waals surface area contributed by atoms with Gasteiger partial charge in [-0.15, -0.1) is 0 Å². The van der Waals surface area contributed by atoms with Crippen LogP contribution in [0.4, 0.5) is 4.79 Å². The van der Waals surface area contributed by atoms with Gasteiger partial charge >= 0.3 is 12.1 Å². The van der Waals surface area contributed by atoms with E-state index < -0.39 is 47.1 Å². The van der Waals surface area contributed by atoms with Gasteiger partial charge in [0.2, 0.25) is 11.8 Å². The van der Waals surface area contributed by atoms with Crippen LogP contribution >= 0.6 is 0 Å². The van der Waals surface area contributed by atoms with Crippen LogP contribution in [0.25, 0.3) is 0 Å². The molecule has 2 atom stereocenters. The molecule has 10 heteroatoms. The molecule has 0 heterocycles. The van der Waals surface area contributed by atoms with Gasteiger partial charge in [0.1, 0.15) is 23.4 Å². The minimum Gasteiger partial charge on any atom is -0.508 e. The van der Waals surface area contributed by atoms with Gasteiger partial charge in [0.05, 0.1) is 13.0 Å². The van der Waals surface area contributed by atoms with Crippen LogP contribution in [0.3, 0.4) is 0 Å². The van der Waals surface area contributed by atoms with Crippen molar-refractivity contribution >= 4 is 23.9 Å². The van der Waals surface area contributed by atoms with E-state index in [-0.39, 0.29) is 31.7 Å². The Labute approximate surface area is 248 Å². The smallest absolute Gasteiger partial charge is 0.408 e. The summed E-state index contributed by atoms with van der Waals surface area (Å²) in [7, 11) is 0. The molecule has 42 heavy (non-hydrogen) atoms. The number of carbonyl (C=O) groups excluding carboxylic acids is 4. The lowest BCUT2D eigenvalue weighted by Crippen LogP contribution is -2.59. The molecule has 2 unspecified atom stereocenters. The molecule has 3 N–H and O–H groups in total. The van der Waals surface area contributed by atoms with E-state index in [1.54, 1.807) is 45.9 Å². The maximum absolute atomic E-state index is 14.5. The second-order valence-electron chi connectivity index (χ2n) is 12.1. The van der Waals surface area contributed by atoms with E-state index in [4.69, 9.17) is 9.47 Å². The number of aryl methyl sites for hydroxylation is 1. The number of hydrogen-bond donors (Lipinski definition) is 3. The lowest BCUT2D eigenvalue weighted by molar-refractivity contribution is -0.149. The van der Waals surface area contributed by atoms with Crippen LogP contribution in [0.15, 0.2) is 48.5 Å². The van der Waals surface area contributed by atoms with E-state index in [2.05, 4.69) is 10.6 Å². The molecule has 0 saturated heterocycles. The fourth-order valence-electron chi connectivity index (χ4n) is 4.41. The first kappa shape index (κ1) is 34.1. The molecular weight excluding hydrogens is 538 g/mol. The maximum atomic E-state index is 14.5. The molecule has 3 amide bonds. The highest BCUT2D eigenvalue weighted by molar-refractivity contribution is 5.93. The Bertz CT molecular complexity index is 1230. The number of hydrogen-bond acceptors (Lipinski definition) is 7. The number of benzene rings is 2. The van der Waals surface area contributed by atoms with Crippen molar-refractivity contribution in [2.45, 2.75) is 91.5 Å². The minimum absolute atomic E-state index is 0.0206. The van der Waals surface area contributed by atoms with Crippen molar-refractivity contribution in [3.05, 3.63) is 65.2 Å². The highest BCUT2D eigenvalue weighted by Crippen LogP contribution is 2.31. The summed E-state index contributed by atoms with van der Waals surface area (Å²) in [5, 5.41) is 15.2. The van der Waals surface area contributed by atoms with Gasteiger partial charge in [0.25, 0.3) is 0 Å². The van der Waals surface area contributed by atoms with Gasteiger partial charge in [0.15, 0.2) is 0 Å². The molecule has 0 bridgehead atoms. The van der Waals surface area contributed by atoms with Crippen LogP contribution < -0.4 is 10.6 Å². The van der Waals surface area contributed by atoms with Crippen molar-refractivity contribution < 1.29 is 33.8 Å². The van der Waals surface area contributed by atoms with Crippen LogP contribution in [0.2, 0.25) is 0 Å². The topological polar surface area (TPSA) is 134 Å². The lowest BCUT2D eigenvalue weighted by atomic mass is 9.93. The molecule has 0 saturated carbocycles. The minimum atomic E-state index is -1.11. The van der Waals surface area contributed by atoms with E-state index in [1.165, 1.54) is 17.0 Å². The monoisotopic (exact) mass is 583 g/mol. The van der Waals surface area contributed by atoms with Gasteiger partial charge in [-0.05, 0) is 78.6 Å². The summed E-state index contributed by atoms with van der Waals surface area (Å²) >= 11 is 0. The average molecular weight is 584 g/mol. The number of amides is 3. The molecule has 0 spiro atoms. The number of nitrogens with one attached hydrogen (secondary N) is 2. The van der Waals surface area contributed by atoms with Crippen LogP contribution in [-0.2, 0) is 30.3 Å². The normalized spacial score (nSPS) is 13.0. The predicted octanol–water partition coefficient (Wildman–Crippen LogP) is 4.57. The molecule has 0 radical (unpaired) electrons. The van der Waals surface area contributed by atoms with Crippen molar-refractivity contribution in [1.82, 2.24) is 15.5 Å². The van der Waals surface area contributed by atoms with Crippen LogP contribution in [0, 0.1) is 6.92 Å². The number of aromatic hydroxyl groups is 1. The van der Waals surface area contributed by atoms with Gasteiger partial charge in [-0.25, -0.2) is 4.79 Å². The summed E-state index contributed by atoms with van der Waals surface area (Å²) in [5.74, 6) is -1.36. The largest absolute Gasteiger partial charge is 0.508 e. The Morgan fingerprint density at radius 3 is 2.17 bits per heavy atom. The second-order valence-corrected chi connectivity index (χ2v) is 12.1. The first-order valence-corrected chi connectivity index (χ1v) is 14.1. The van der Waals surface area contributed by atoms with Gasteiger partial charge in [0, 0.05) is 18.5 Å². The van der Waals surface area contributed by atoms with Gasteiger partial charge in [-0.1, -0.05) is 42.0 Å². The number of alkyl carbamates (subject to hydrolysis) is 1. The first-order valence-electron chi connectivity index (χ1n) is 14.1. The molecule has 2 aromatic rings. The Morgan fingerprint density at radius 2 is 1.62 bits per heavy atom. The Balaban J connectivity index is 2.55. The number of carbonyl (C=O) groups is 4. The fourth-order valence-corrected chi connectivity index (χ4v) is 4.41. The molecule has 0 aliphatic heterocycles. The molecule has 2 rings (SSSR count). The standard InChI is InChI=1S/C32H45N3O7/c1-9-41-26(37)17-18-33-28(38)27(23-12-10-11-21(2)19-23)35(31(3,4)5)29(39)25(34-30(40)42-32(6,7)8)20-22-13-15-24(36)16-14-22/h10-16,19,25,27,36H,9,17-18,20H2,1-8H3,(H,33,38)(H,34,40). The summed E-state index contributed by atoms with van der Waals surface area (Å²) < 4.78 is 10.4. The molecule has 0 aliphatic carbocycles. The van der Waals surface area contributed by atoms with E-state index in [1.807, 2.05) is 45.9 Å². The van der Waals surface area contributed by atoms with Crippen molar-refractivity contribution in [2.24, 2.45) is 0 Å². The van der Waals surface area contributed by atoms with E-state index in [0.29, 0.717) is 11.1 Å². The molecule has 0 fully saturated rings. The number of ether oxygens (including phenoxy) is 2. The van der Waals surface area contributed by atoms with Crippen molar-refractivity contribution in [2.75, 3.05) is 13.2 Å². The highest BCUT2D eigenvalue weighted by atomic mass is 16.6. The van der Waals surface area contributed by atoms with Crippen LogP contribution in [0.5, 0.6) is 5.75 Å². The zero-order chi connectivity index (χ0) is 31.7. The Morgan fingerprint density at radius 1 is 0.976 bits per heavy atom. The molecule has 230 valence electrons. The third kappa shape index (κ3) is 10.7. The number of nitrogens with zero attached hydrogens (tertiary/aromatic N) is 1. The fraction of sp³-hybridized carbons (Fsp3) is 0.500. The predicted molar refractivity (Wildman–Crippen MR) is 160 cm³/mol. The lowest BCUT2D eigenvalue weighted by Gasteiger charge is -2.43. The van der Waals surface area contributed by atoms with Crippen molar-refractivity contribution in [3.8, 4) is 5.75 Å². The number of phenolic OH excluding ortho intramolecular Hbond substituents is 1. The highest BCUT2D eigenvalue weighted by Gasteiger charge is 2.42. The zero-order valence-corrected chi connectivity index (χ0v) is 25.9. The maximum Gasteiger partial charge on any atom is 0.408 e. The van der Waals surface area contributed by atoms with E-state index in [9.17, 15) is 24.3 Å². The molecule has 10 nitrogen and oxygen atoms in total. The van der Waals surface area contributed by atoms with Gasteiger partial charge in [-0.3, -0.25) is 14.4 Å². The third-order valence-electron chi connectivity index (χ3n) is 6.12. The van der Waals surface area contributed by atoms with Gasteiger partial charge in [-0.2, -0.15) is 0 Å². The molecule has 0 aromatic heterocycles. The van der Waals surface area contributed by atoms with Crippen LogP contribution in [0.1, 0.15) is 77.6 Å². The number of phenols is 1. The average Bonchev–Trinajstić information content (AvgIpc) is 2.86. The SMILES string of the molecule is CCOC(=O)CCNC(=O)C(c1cccc(C)c1)N(C(=O)C(Cc1ccc(O)cc1)NC(=O)OC(C)(C)C)C(C)(C)C. The van der Waals surface area contributed by atoms with E-state index in [0.717, 1.165) is 5.56 Å². The summed E-state index contributed by atoms with van der Waals surface area (Å²) in [6.45, 7) is 14.5. The van der Waals surface area contributed by atoms with Crippen molar-refractivity contribution in [3.63, 3.8) is 0 Å². The van der Waals surface area contributed by atoms with Crippen molar-refractivity contribution in [1.29, 1.82) is 0 Å². The summed E-state index contributed by atoms with van der Waals surface area (Å²) in [4.78, 5) is 54.6. The van der Waals surface area contributed by atoms with E-state index >= 15 is 0 Å². The molecular formula is C32H45N3O7. The summed E-state index contributed by atoms with van der Waals surface area (Å²) in [6.07, 6.45) is -0.720. The first-order chi connectivity index (χ1) is 19.5. The number of rotatable bonds is 11. The Hall–Kier alpha value is -4.08. The summed E-state index contributed by atoms with van der Waals surface area (Å²) in [5.41, 5.74) is 0.468. The van der Waals surface area contributed by atoms with Crippen LogP contribution in [-0.4, -0.2) is 64.2 Å². The third-order valence-corrected chi connectivity index (χ3v) is 6.12. The molecule has 0 aliphatic rings. The zero-order valence-electron chi connectivity index (χ0n) is 25.9. The number of esters is 1.